The summed E-state index contributed by atoms with van der Waals surface area (Å²) in [5.74, 6) is -3.23. The van der Waals surface area contributed by atoms with Gasteiger partial charge in [0.25, 0.3) is 0 Å². The number of aliphatic hydroxyl groups excluding tert-OH is 2. The molecule has 0 bridgehead atoms. The normalized spacial score (nSPS) is 18.9. The van der Waals surface area contributed by atoms with Crippen LogP contribution in [-0.2, 0) is 42.9 Å². The van der Waals surface area contributed by atoms with E-state index in [1.54, 1.807) is 0 Å². The van der Waals surface area contributed by atoms with E-state index in [9.17, 15) is 34.5 Å². The quantitative estimate of drug-likeness (QED) is 0.0228. The van der Waals surface area contributed by atoms with Crippen LogP contribution in [0.2, 0.25) is 0 Å². The number of rotatable bonds is 47. The number of carbonyl (C=O) groups is 4. The number of carbonyl (C=O) groups excluding carboxylic acids is 3. The van der Waals surface area contributed by atoms with Gasteiger partial charge in [-0.25, -0.2) is 4.79 Å². The number of unbranched alkanes of at least 4 members (excludes halogenated alkanes) is 23. The van der Waals surface area contributed by atoms with Gasteiger partial charge in [-0.3, -0.25) is 14.4 Å². The minimum atomic E-state index is -1.91. The molecule has 6 atom stereocenters. The van der Waals surface area contributed by atoms with Gasteiger partial charge in [0.05, 0.1) is 6.61 Å². The van der Waals surface area contributed by atoms with Gasteiger partial charge in [-0.05, 0) is 70.6 Å². The van der Waals surface area contributed by atoms with E-state index in [1.807, 2.05) is 12.2 Å². The van der Waals surface area contributed by atoms with Crippen LogP contribution < -0.4 is 0 Å². The summed E-state index contributed by atoms with van der Waals surface area (Å²) in [5.41, 5.74) is 0. The molecule has 1 aliphatic heterocycles. The Labute approximate surface area is 430 Å². The summed E-state index contributed by atoms with van der Waals surface area (Å²) in [6, 6.07) is 0. The molecule has 0 amide bonds. The number of allylic oxidation sites excluding steroid dienone is 10. The first kappa shape index (κ1) is 65.4. The molecule has 71 heavy (non-hydrogen) atoms. The lowest BCUT2D eigenvalue weighted by molar-refractivity contribution is -0.301. The Kier molecular flexibility index (Phi) is 43.7. The van der Waals surface area contributed by atoms with E-state index in [2.05, 4.69) is 69.4 Å². The van der Waals surface area contributed by atoms with Gasteiger partial charge >= 0.3 is 23.9 Å². The van der Waals surface area contributed by atoms with Gasteiger partial charge in [-0.15, -0.1) is 0 Å². The van der Waals surface area contributed by atoms with E-state index in [0.717, 1.165) is 70.6 Å². The molecule has 0 aliphatic carbocycles. The number of ether oxygens (including phenoxy) is 5. The van der Waals surface area contributed by atoms with Gasteiger partial charge in [0.15, 0.2) is 24.6 Å². The lowest BCUT2D eigenvalue weighted by Gasteiger charge is -2.40. The third-order valence-electron chi connectivity index (χ3n) is 12.6. The Morgan fingerprint density at radius 3 is 1.41 bits per heavy atom. The molecule has 0 saturated carbocycles. The highest BCUT2D eigenvalue weighted by Gasteiger charge is 2.50. The zero-order valence-electron chi connectivity index (χ0n) is 44.7. The van der Waals surface area contributed by atoms with Crippen molar-refractivity contribution >= 4 is 23.9 Å². The van der Waals surface area contributed by atoms with Crippen LogP contribution in [0.3, 0.4) is 0 Å². The van der Waals surface area contributed by atoms with Crippen LogP contribution in [0.4, 0.5) is 0 Å². The highest BCUT2D eigenvalue weighted by Crippen LogP contribution is 2.26. The summed E-state index contributed by atoms with van der Waals surface area (Å²) < 4.78 is 28.3. The molecule has 1 rings (SSSR count). The monoisotopic (exact) mass is 1000 g/mol. The third-order valence-corrected chi connectivity index (χ3v) is 12.6. The summed E-state index contributed by atoms with van der Waals surface area (Å²) in [4.78, 5) is 50.9. The average Bonchev–Trinajstić information content (AvgIpc) is 3.35. The number of hydrogen-bond donors (Lipinski definition) is 3. The molecule has 0 aromatic heterocycles. The molecule has 408 valence electrons. The maximum atomic E-state index is 13.1. The Hall–Kier alpha value is -3.58. The molecule has 0 radical (unpaired) electrons. The Morgan fingerprint density at radius 2 is 0.915 bits per heavy atom. The van der Waals surface area contributed by atoms with Crippen molar-refractivity contribution in [1.82, 2.24) is 0 Å². The van der Waals surface area contributed by atoms with Crippen molar-refractivity contribution in [2.24, 2.45) is 0 Å². The minimum absolute atomic E-state index is 0.0415. The maximum Gasteiger partial charge on any atom is 0.335 e. The van der Waals surface area contributed by atoms with Crippen molar-refractivity contribution in [3.63, 3.8) is 0 Å². The first-order valence-electron chi connectivity index (χ1n) is 28.3. The number of aliphatic carboxylic acids is 1. The molecule has 1 heterocycles. The van der Waals surface area contributed by atoms with E-state index >= 15 is 0 Å². The van der Waals surface area contributed by atoms with Crippen molar-refractivity contribution in [3.8, 4) is 0 Å². The fourth-order valence-electron chi connectivity index (χ4n) is 8.26. The second kappa shape index (κ2) is 47.4. The minimum Gasteiger partial charge on any atom is -0.479 e. The Balaban J connectivity index is 2.73. The molecule has 3 N–H and O–H groups in total. The molecule has 1 saturated heterocycles. The van der Waals surface area contributed by atoms with Crippen molar-refractivity contribution in [2.45, 2.75) is 276 Å². The van der Waals surface area contributed by atoms with E-state index in [4.69, 9.17) is 23.7 Å². The Morgan fingerprint density at radius 1 is 0.479 bits per heavy atom. The van der Waals surface area contributed by atoms with Crippen LogP contribution >= 0.6 is 0 Å². The summed E-state index contributed by atoms with van der Waals surface area (Å²) in [7, 11) is 0. The van der Waals surface area contributed by atoms with Crippen LogP contribution in [0, 0.1) is 0 Å². The lowest BCUT2D eigenvalue weighted by atomic mass is 9.98. The van der Waals surface area contributed by atoms with Gasteiger partial charge in [0, 0.05) is 19.3 Å². The molecule has 12 nitrogen and oxygen atoms in total. The van der Waals surface area contributed by atoms with Crippen molar-refractivity contribution in [1.29, 1.82) is 0 Å². The largest absolute Gasteiger partial charge is 0.479 e. The number of aliphatic hydroxyl groups is 2. The molecule has 6 unspecified atom stereocenters. The van der Waals surface area contributed by atoms with Crippen LogP contribution in [0.1, 0.15) is 239 Å². The number of esters is 3. The molecule has 0 aromatic carbocycles. The number of hydrogen-bond acceptors (Lipinski definition) is 11. The van der Waals surface area contributed by atoms with Gasteiger partial charge in [-0.2, -0.15) is 0 Å². The van der Waals surface area contributed by atoms with Crippen LogP contribution in [0.15, 0.2) is 60.8 Å². The highest BCUT2D eigenvalue weighted by atomic mass is 16.7. The fourth-order valence-corrected chi connectivity index (χ4v) is 8.26. The first-order valence-corrected chi connectivity index (χ1v) is 28.3. The first-order chi connectivity index (χ1) is 34.6. The van der Waals surface area contributed by atoms with Crippen molar-refractivity contribution in [3.05, 3.63) is 60.8 Å². The van der Waals surface area contributed by atoms with E-state index in [0.29, 0.717) is 25.7 Å². The van der Waals surface area contributed by atoms with Gasteiger partial charge in [0.1, 0.15) is 18.8 Å². The zero-order chi connectivity index (χ0) is 51.8. The molecule has 12 heteroatoms. The van der Waals surface area contributed by atoms with Gasteiger partial charge < -0.3 is 39.0 Å². The molecular weight excluding hydrogens is 901 g/mol. The average molecular weight is 1000 g/mol. The maximum absolute atomic E-state index is 13.1. The molecule has 0 aromatic rings. The molecule has 0 spiro atoms. The third kappa shape index (κ3) is 37.8. The summed E-state index contributed by atoms with van der Waals surface area (Å²) >= 11 is 0. The summed E-state index contributed by atoms with van der Waals surface area (Å²) in [5, 5.41) is 31.4. The lowest BCUT2D eigenvalue weighted by Crippen LogP contribution is -2.61. The predicted molar refractivity (Wildman–Crippen MR) is 285 cm³/mol. The second-order valence-corrected chi connectivity index (χ2v) is 19.2. The van der Waals surface area contributed by atoms with Gasteiger partial charge in [-0.1, -0.05) is 210 Å². The molecular formula is C59H100O12. The Bertz CT molecular complexity index is 1470. The van der Waals surface area contributed by atoms with Crippen molar-refractivity contribution in [2.75, 3.05) is 13.2 Å². The van der Waals surface area contributed by atoms with E-state index in [-0.39, 0.29) is 25.9 Å². The predicted octanol–water partition coefficient (Wildman–Crippen LogP) is 14.0. The highest BCUT2D eigenvalue weighted by molar-refractivity contribution is 5.74. The second-order valence-electron chi connectivity index (χ2n) is 19.2. The fraction of sp³-hybridized carbons (Fsp3) is 0.763. The summed E-state index contributed by atoms with van der Waals surface area (Å²) in [6.07, 6.45) is 45.1. The van der Waals surface area contributed by atoms with Crippen LogP contribution in [0.5, 0.6) is 0 Å². The zero-order valence-corrected chi connectivity index (χ0v) is 44.7. The number of carboxylic acid groups (broad SMARTS) is 1. The topological polar surface area (TPSA) is 175 Å². The molecule has 1 aliphatic rings. The van der Waals surface area contributed by atoms with E-state index in [1.165, 1.54) is 103 Å². The smallest absolute Gasteiger partial charge is 0.335 e. The van der Waals surface area contributed by atoms with Crippen molar-refractivity contribution < 1.29 is 58.2 Å². The summed E-state index contributed by atoms with van der Waals surface area (Å²) in [6.45, 7) is 5.79. The van der Waals surface area contributed by atoms with E-state index < -0.39 is 67.3 Å². The number of carboxylic acids is 1. The SMILES string of the molecule is CC/C=C\C/C=C\C/C=C\C/C=C\CCC(=O)OC(COC(=O)CCCCCCCCC/C=C\CCCCCCCC)COC1OC(C(=O)O)C(O)C(O)C1OC(=O)CCCCCCCCCCCCC. The van der Waals surface area contributed by atoms with Crippen LogP contribution in [0.25, 0.3) is 0 Å². The van der Waals surface area contributed by atoms with Gasteiger partial charge in [0.2, 0.25) is 0 Å². The standard InChI is InChI=1S/C59H100O12/c1-4-7-10-13-16-19-22-24-25-26-27-29-31-33-36-39-42-45-51(60)67-48-50(69-52(61)46-43-40-37-35-32-28-23-20-17-14-11-8-5-2)49-68-59-57(55(64)54(63)56(71-59)58(65)66)70-53(62)47-44-41-38-34-30-21-18-15-12-9-6-3/h8,11,17,20,24-25,28,32,37,40,50,54-57,59,63-64H,4-7,9-10,12-16,18-19,21-23,26-27,29-31,33-36,38-39,41-49H2,1-3H3,(H,65,66)/b11-8-,20-17-,25-24-,32-28-,40-37-. The van der Waals surface area contributed by atoms with Crippen LogP contribution in [-0.4, -0.2) is 89.2 Å². The molecule has 1 fully saturated rings.